The quantitative estimate of drug-likeness (QED) is 0.631. The van der Waals surface area contributed by atoms with Crippen molar-refractivity contribution in [3.05, 3.63) is 33.9 Å². The van der Waals surface area contributed by atoms with Crippen molar-refractivity contribution in [2.75, 3.05) is 25.0 Å². The van der Waals surface area contributed by atoms with Crippen LogP contribution in [0, 0.1) is 17.0 Å². The van der Waals surface area contributed by atoms with Crippen molar-refractivity contribution in [2.24, 2.45) is 0 Å². The van der Waals surface area contributed by atoms with Crippen LogP contribution in [0.2, 0.25) is 0 Å². The van der Waals surface area contributed by atoms with Gasteiger partial charge in [-0.2, -0.15) is 0 Å². The van der Waals surface area contributed by atoms with Gasteiger partial charge in [-0.1, -0.05) is 0 Å². The van der Waals surface area contributed by atoms with Crippen LogP contribution in [-0.4, -0.2) is 46.6 Å². The molecule has 1 amide bonds. The number of nitrogens with zero attached hydrogens (tertiary/aromatic N) is 2. The van der Waals surface area contributed by atoms with E-state index in [4.69, 9.17) is 0 Å². The van der Waals surface area contributed by atoms with Crippen LogP contribution in [0.1, 0.15) is 12.0 Å². The Bertz CT molecular complexity index is 532. The van der Waals surface area contributed by atoms with Crippen LogP contribution in [-0.2, 0) is 4.79 Å². The van der Waals surface area contributed by atoms with Gasteiger partial charge in [-0.15, -0.1) is 0 Å². The van der Waals surface area contributed by atoms with Crippen molar-refractivity contribution in [3.63, 3.8) is 0 Å². The molecule has 0 spiro atoms. The molecule has 1 aliphatic heterocycles. The number of β-amino-alcohol motifs (C(OH)–C–C–N with tert-alkyl or cyclic N) is 1. The van der Waals surface area contributed by atoms with Crippen LogP contribution < -0.4 is 5.32 Å². The Balaban J connectivity index is 1.95. The predicted octanol–water partition coefficient (Wildman–Crippen LogP) is 0.908. The molecule has 1 saturated heterocycles. The van der Waals surface area contributed by atoms with Crippen molar-refractivity contribution in [3.8, 4) is 0 Å². The third-order valence-corrected chi connectivity index (χ3v) is 3.31. The van der Waals surface area contributed by atoms with Gasteiger partial charge >= 0.3 is 0 Å². The van der Waals surface area contributed by atoms with E-state index in [1.165, 1.54) is 18.2 Å². The van der Waals surface area contributed by atoms with E-state index >= 15 is 0 Å². The van der Waals surface area contributed by atoms with Gasteiger partial charge in [0, 0.05) is 30.9 Å². The zero-order valence-electron chi connectivity index (χ0n) is 11.2. The minimum absolute atomic E-state index is 0.00293. The molecule has 0 aliphatic carbocycles. The number of aliphatic hydroxyl groups is 1. The lowest BCUT2D eigenvalue weighted by Gasteiger charge is -2.15. The SMILES string of the molecule is Cc1cc([N+](=O)[O-])ccc1NC(=O)CN1CC[C@H](O)C1. The molecule has 7 nitrogen and oxygen atoms in total. The summed E-state index contributed by atoms with van der Waals surface area (Å²) >= 11 is 0. The molecule has 2 rings (SSSR count). The number of aryl methyl sites for hydroxylation is 1. The van der Waals surface area contributed by atoms with Crippen LogP contribution in [0.15, 0.2) is 18.2 Å². The number of benzene rings is 1. The first-order chi connectivity index (χ1) is 9.45. The maximum absolute atomic E-state index is 11.9. The monoisotopic (exact) mass is 279 g/mol. The van der Waals surface area contributed by atoms with Gasteiger partial charge in [0.25, 0.3) is 5.69 Å². The molecule has 0 aromatic heterocycles. The number of likely N-dealkylation sites (tertiary alicyclic amines) is 1. The maximum Gasteiger partial charge on any atom is 0.269 e. The Morgan fingerprint density at radius 2 is 2.35 bits per heavy atom. The molecule has 0 radical (unpaired) electrons. The summed E-state index contributed by atoms with van der Waals surface area (Å²) in [5.41, 5.74) is 1.22. The second-order valence-corrected chi connectivity index (χ2v) is 4.98. The van der Waals surface area contributed by atoms with E-state index < -0.39 is 4.92 Å². The Labute approximate surface area is 116 Å². The highest BCUT2D eigenvalue weighted by Gasteiger charge is 2.22. The van der Waals surface area contributed by atoms with E-state index in [2.05, 4.69) is 5.32 Å². The predicted molar refractivity (Wildman–Crippen MR) is 73.5 cm³/mol. The number of hydrogen-bond donors (Lipinski definition) is 2. The van der Waals surface area contributed by atoms with Gasteiger partial charge in [0.05, 0.1) is 17.6 Å². The number of amides is 1. The first kappa shape index (κ1) is 14.4. The second-order valence-electron chi connectivity index (χ2n) is 4.98. The van der Waals surface area contributed by atoms with Gasteiger partial charge in [-0.05, 0) is 25.0 Å². The van der Waals surface area contributed by atoms with E-state index in [1.807, 2.05) is 4.90 Å². The van der Waals surface area contributed by atoms with Crippen molar-refractivity contribution in [2.45, 2.75) is 19.4 Å². The van der Waals surface area contributed by atoms with Crippen molar-refractivity contribution < 1.29 is 14.8 Å². The van der Waals surface area contributed by atoms with E-state index in [0.717, 1.165) is 0 Å². The fourth-order valence-electron chi connectivity index (χ4n) is 2.25. The number of carbonyl (C=O) groups excluding carboxylic acids is 1. The average molecular weight is 279 g/mol. The first-order valence-corrected chi connectivity index (χ1v) is 6.41. The van der Waals surface area contributed by atoms with Gasteiger partial charge in [-0.25, -0.2) is 0 Å². The minimum atomic E-state index is -0.468. The van der Waals surface area contributed by atoms with Crippen molar-refractivity contribution in [1.82, 2.24) is 4.90 Å². The van der Waals surface area contributed by atoms with Crippen molar-refractivity contribution in [1.29, 1.82) is 0 Å². The molecule has 0 saturated carbocycles. The molecule has 7 heteroatoms. The number of aliphatic hydroxyl groups excluding tert-OH is 1. The normalized spacial score (nSPS) is 19.0. The second kappa shape index (κ2) is 5.98. The topological polar surface area (TPSA) is 95.7 Å². The van der Waals surface area contributed by atoms with E-state index in [9.17, 15) is 20.0 Å². The molecular weight excluding hydrogens is 262 g/mol. The first-order valence-electron chi connectivity index (χ1n) is 6.41. The van der Waals surface area contributed by atoms with Gasteiger partial charge in [-0.3, -0.25) is 19.8 Å². The number of nitrogens with one attached hydrogen (secondary N) is 1. The minimum Gasteiger partial charge on any atom is -0.392 e. The number of non-ortho nitro benzene ring substituents is 1. The van der Waals surface area contributed by atoms with Gasteiger partial charge in [0.1, 0.15) is 0 Å². The molecule has 108 valence electrons. The summed E-state index contributed by atoms with van der Waals surface area (Å²) in [6.45, 7) is 3.14. The van der Waals surface area contributed by atoms with E-state index in [1.54, 1.807) is 6.92 Å². The van der Waals surface area contributed by atoms with E-state index in [-0.39, 0.29) is 24.2 Å². The summed E-state index contributed by atoms with van der Waals surface area (Å²) in [4.78, 5) is 23.9. The highest BCUT2D eigenvalue weighted by molar-refractivity contribution is 5.93. The molecule has 1 aliphatic rings. The number of nitro benzene ring substituents is 1. The molecule has 20 heavy (non-hydrogen) atoms. The average Bonchev–Trinajstić information content (AvgIpc) is 2.77. The summed E-state index contributed by atoms with van der Waals surface area (Å²) in [5, 5.41) is 22.8. The number of rotatable bonds is 4. The molecule has 2 N–H and O–H groups in total. The van der Waals surface area contributed by atoms with Crippen LogP contribution in [0.3, 0.4) is 0 Å². The van der Waals surface area contributed by atoms with E-state index in [0.29, 0.717) is 30.8 Å². The largest absolute Gasteiger partial charge is 0.392 e. The lowest BCUT2D eigenvalue weighted by Crippen LogP contribution is -2.32. The number of hydrogen-bond acceptors (Lipinski definition) is 5. The molecular formula is C13H17N3O4. The molecule has 1 aromatic carbocycles. The Morgan fingerprint density at radius 3 is 2.90 bits per heavy atom. The standard InChI is InChI=1S/C13H17N3O4/c1-9-6-10(16(19)20)2-3-12(9)14-13(18)8-15-5-4-11(17)7-15/h2-3,6,11,17H,4-5,7-8H2,1H3,(H,14,18)/t11-/m0/s1. The summed E-state index contributed by atoms with van der Waals surface area (Å²) < 4.78 is 0. The van der Waals surface area contributed by atoms with Crippen LogP contribution in [0.5, 0.6) is 0 Å². The zero-order valence-corrected chi connectivity index (χ0v) is 11.2. The zero-order chi connectivity index (χ0) is 14.7. The summed E-state index contributed by atoms with van der Waals surface area (Å²) in [6, 6.07) is 4.32. The summed E-state index contributed by atoms with van der Waals surface area (Å²) in [5.74, 6) is -0.184. The number of nitro groups is 1. The molecule has 1 atom stereocenters. The summed E-state index contributed by atoms with van der Waals surface area (Å²) in [7, 11) is 0. The molecule has 1 aromatic rings. The van der Waals surface area contributed by atoms with Gasteiger partial charge in [0.15, 0.2) is 0 Å². The Kier molecular flexibility index (Phi) is 4.31. The molecule has 1 heterocycles. The third kappa shape index (κ3) is 3.52. The number of carbonyl (C=O) groups is 1. The van der Waals surface area contributed by atoms with Crippen molar-refractivity contribution >= 4 is 17.3 Å². The molecule has 1 fully saturated rings. The third-order valence-electron chi connectivity index (χ3n) is 3.31. The van der Waals surface area contributed by atoms with Gasteiger partial charge in [0.2, 0.25) is 5.91 Å². The molecule has 0 unspecified atom stereocenters. The summed E-state index contributed by atoms with van der Waals surface area (Å²) in [6.07, 6.45) is 0.327. The maximum atomic E-state index is 11.9. The van der Waals surface area contributed by atoms with Crippen LogP contribution in [0.4, 0.5) is 11.4 Å². The molecule has 0 bridgehead atoms. The fourth-order valence-corrected chi connectivity index (χ4v) is 2.25. The van der Waals surface area contributed by atoms with Gasteiger partial charge < -0.3 is 10.4 Å². The highest BCUT2D eigenvalue weighted by atomic mass is 16.6. The fraction of sp³-hybridized carbons (Fsp3) is 0.462. The van der Waals surface area contributed by atoms with Crippen LogP contribution in [0.25, 0.3) is 0 Å². The highest BCUT2D eigenvalue weighted by Crippen LogP contribution is 2.21. The Morgan fingerprint density at radius 1 is 1.60 bits per heavy atom. The Hall–Kier alpha value is -1.99. The van der Waals surface area contributed by atoms with Crippen LogP contribution >= 0.6 is 0 Å². The lowest BCUT2D eigenvalue weighted by molar-refractivity contribution is -0.384. The number of anilines is 1. The lowest BCUT2D eigenvalue weighted by atomic mass is 10.2. The smallest absolute Gasteiger partial charge is 0.269 e.